The molecule has 0 radical (unpaired) electrons. The first-order chi connectivity index (χ1) is 16.2. The van der Waals surface area contributed by atoms with Crippen LogP contribution in [-0.4, -0.2) is 0 Å². The fraction of sp³-hybridized carbons (Fsp3) is 0.250. The third kappa shape index (κ3) is 5.71. The van der Waals surface area contributed by atoms with Gasteiger partial charge in [-0.3, -0.25) is 0 Å². The van der Waals surface area contributed by atoms with E-state index in [1.54, 1.807) is 0 Å². The molecular weight excluding hydrogens is 494 g/mol. The van der Waals surface area contributed by atoms with Crippen LogP contribution in [0.2, 0.25) is 0 Å². The van der Waals surface area contributed by atoms with Gasteiger partial charge in [0.1, 0.15) is 46.0 Å². The Morgan fingerprint density at radius 2 is 1.23 bits per heavy atom. The second-order valence-electron chi connectivity index (χ2n) is 7.61. The second kappa shape index (κ2) is 9.79. The van der Waals surface area contributed by atoms with Crippen molar-refractivity contribution in [2.45, 2.75) is 38.5 Å². The van der Waals surface area contributed by atoms with Gasteiger partial charge in [0.2, 0.25) is 0 Å². The predicted octanol–water partition coefficient (Wildman–Crippen LogP) is 8.54. The monoisotopic (exact) mass is 510 g/mol. The highest BCUT2D eigenvalue weighted by Gasteiger charge is 2.43. The molecule has 0 unspecified atom stereocenters. The fourth-order valence-corrected chi connectivity index (χ4v) is 3.41. The molecule has 1 nitrogen and oxygen atoms in total. The Kier molecular flexibility index (Phi) is 7.37. The van der Waals surface area contributed by atoms with E-state index >= 15 is 0 Å². The van der Waals surface area contributed by atoms with Gasteiger partial charge in [-0.25, -0.2) is 22.0 Å². The predicted molar refractivity (Wildman–Crippen MR) is 106 cm³/mol. The summed E-state index contributed by atoms with van der Waals surface area (Å²) in [6.45, 7) is 1.93. The van der Waals surface area contributed by atoms with Crippen molar-refractivity contribution >= 4 is 0 Å². The molecule has 0 fully saturated rings. The number of rotatable bonds is 7. The molecule has 188 valence electrons. The zero-order valence-corrected chi connectivity index (χ0v) is 17.9. The van der Waals surface area contributed by atoms with E-state index in [1.165, 1.54) is 12.1 Å². The number of alkyl halides is 5. The Balaban J connectivity index is 1.95. The van der Waals surface area contributed by atoms with Gasteiger partial charge < -0.3 is 4.74 Å². The van der Waals surface area contributed by atoms with E-state index in [9.17, 15) is 43.9 Å². The molecular formula is C24H16F10O. The molecule has 3 rings (SSSR count). The molecule has 0 N–H and O–H groups in total. The maximum absolute atomic E-state index is 14.5. The Bertz CT molecular complexity index is 1190. The number of hydrogen-bond acceptors (Lipinski definition) is 1. The van der Waals surface area contributed by atoms with Crippen LogP contribution >= 0.6 is 0 Å². The molecule has 0 aliphatic rings. The molecule has 3 aromatic carbocycles. The molecule has 0 atom stereocenters. The van der Waals surface area contributed by atoms with Crippen LogP contribution in [0.3, 0.4) is 0 Å². The second-order valence-corrected chi connectivity index (χ2v) is 7.61. The summed E-state index contributed by atoms with van der Waals surface area (Å²) < 4.78 is 142. The number of ether oxygens (including phenoxy) is 1. The van der Waals surface area contributed by atoms with Gasteiger partial charge in [-0.15, -0.1) is 0 Å². The van der Waals surface area contributed by atoms with Crippen molar-refractivity contribution in [3.05, 3.63) is 88.2 Å². The average Bonchev–Trinajstić information content (AvgIpc) is 2.69. The molecule has 0 heterocycles. The molecule has 0 aromatic heterocycles. The van der Waals surface area contributed by atoms with Crippen molar-refractivity contribution in [3.63, 3.8) is 0 Å². The van der Waals surface area contributed by atoms with Crippen molar-refractivity contribution in [2.75, 3.05) is 0 Å². The van der Waals surface area contributed by atoms with E-state index in [0.29, 0.717) is 24.1 Å². The Labute approximate surface area is 193 Å². The number of unbranched alkanes of at least 4 members (excludes halogenated alkanes) is 1. The first kappa shape index (κ1) is 26.4. The lowest BCUT2D eigenvalue weighted by Crippen LogP contribution is -2.25. The quantitative estimate of drug-likeness (QED) is 0.290. The smallest absolute Gasteiger partial charge is 0.429 e. The minimum absolute atomic E-state index is 0.195. The molecule has 0 saturated heterocycles. The van der Waals surface area contributed by atoms with E-state index in [0.717, 1.165) is 18.9 Å². The zero-order valence-electron chi connectivity index (χ0n) is 17.9. The lowest BCUT2D eigenvalue weighted by molar-refractivity contribution is -0.189. The van der Waals surface area contributed by atoms with Crippen LogP contribution < -0.4 is 4.74 Å². The van der Waals surface area contributed by atoms with E-state index in [1.807, 2.05) is 6.92 Å². The molecule has 0 amide bonds. The highest BCUT2D eigenvalue weighted by atomic mass is 19.4. The fourth-order valence-electron chi connectivity index (χ4n) is 3.41. The van der Waals surface area contributed by atoms with Crippen LogP contribution in [0.4, 0.5) is 43.9 Å². The van der Waals surface area contributed by atoms with Gasteiger partial charge in [-0.1, -0.05) is 25.5 Å². The molecule has 3 aromatic rings. The van der Waals surface area contributed by atoms with Crippen molar-refractivity contribution in [1.29, 1.82) is 0 Å². The van der Waals surface area contributed by atoms with Gasteiger partial charge in [0.15, 0.2) is 0 Å². The molecule has 11 heteroatoms. The van der Waals surface area contributed by atoms with Crippen LogP contribution in [0.5, 0.6) is 5.75 Å². The van der Waals surface area contributed by atoms with Gasteiger partial charge in [0, 0.05) is 17.7 Å². The standard InChI is InChI=1S/C24H16F10O/c1-2-3-4-12-5-6-15(16(25)7-12)13-8-17(26)22(18(27)9-13)24(33,34)35-14-10-19(28)21(20(29)11-14)23(30,31)32/h5-11H,2-4H2,1H3. The third-order valence-electron chi connectivity index (χ3n) is 5.04. The Hall–Kier alpha value is -3.24. The van der Waals surface area contributed by atoms with Gasteiger partial charge >= 0.3 is 12.3 Å². The summed E-state index contributed by atoms with van der Waals surface area (Å²) in [6, 6.07) is 4.33. The lowest BCUT2D eigenvalue weighted by Gasteiger charge is -2.21. The number of benzene rings is 3. The summed E-state index contributed by atoms with van der Waals surface area (Å²) in [5.74, 6) is -10.6. The third-order valence-corrected chi connectivity index (χ3v) is 5.04. The van der Waals surface area contributed by atoms with Crippen molar-refractivity contribution in [3.8, 4) is 16.9 Å². The summed E-state index contributed by atoms with van der Waals surface area (Å²) in [5.41, 5.74) is -4.39. The van der Waals surface area contributed by atoms with E-state index in [-0.39, 0.29) is 17.7 Å². The molecule has 0 bridgehead atoms. The first-order valence-corrected chi connectivity index (χ1v) is 10.2. The van der Waals surface area contributed by atoms with Gasteiger partial charge in [0.05, 0.1) is 0 Å². The van der Waals surface area contributed by atoms with Gasteiger partial charge in [-0.2, -0.15) is 22.0 Å². The van der Waals surface area contributed by atoms with Gasteiger partial charge in [0.25, 0.3) is 0 Å². The number of hydrogen-bond donors (Lipinski definition) is 0. The molecule has 0 spiro atoms. The number of aryl methyl sites for hydroxylation is 1. The minimum atomic E-state index is -5.47. The molecule has 0 aliphatic carbocycles. The SMILES string of the molecule is CCCCc1ccc(-c2cc(F)c(C(F)(F)Oc3cc(F)c(C(F)(F)F)c(F)c3)c(F)c2)c(F)c1. The van der Waals surface area contributed by atoms with E-state index in [4.69, 9.17) is 0 Å². The van der Waals surface area contributed by atoms with Crippen LogP contribution in [0.1, 0.15) is 36.5 Å². The minimum Gasteiger partial charge on any atom is -0.429 e. The summed E-state index contributed by atoms with van der Waals surface area (Å²) in [7, 11) is 0. The van der Waals surface area contributed by atoms with Crippen LogP contribution in [-0.2, 0) is 18.7 Å². The summed E-state index contributed by atoms with van der Waals surface area (Å²) in [6.07, 6.45) is -8.17. The summed E-state index contributed by atoms with van der Waals surface area (Å²) in [5, 5.41) is 0. The highest BCUT2D eigenvalue weighted by molar-refractivity contribution is 5.65. The van der Waals surface area contributed by atoms with Crippen molar-refractivity contribution in [2.24, 2.45) is 0 Å². The topological polar surface area (TPSA) is 9.23 Å². The maximum atomic E-state index is 14.5. The largest absolute Gasteiger partial charge is 0.432 e. The molecule has 0 saturated carbocycles. The molecule has 0 aliphatic heterocycles. The van der Waals surface area contributed by atoms with Crippen LogP contribution in [0.15, 0.2) is 42.5 Å². The van der Waals surface area contributed by atoms with Crippen molar-refractivity contribution < 1.29 is 48.6 Å². The first-order valence-electron chi connectivity index (χ1n) is 10.2. The lowest BCUT2D eigenvalue weighted by atomic mass is 9.99. The van der Waals surface area contributed by atoms with Crippen molar-refractivity contribution in [1.82, 2.24) is 0 Å². The Morgan fingerprint density at radius 1 is 0.686 bits per heavy atom. The normalized spacial score (nSPS) is 12.2. The van der Waals surface area contributed by atoms with Gasteiger partial charge in [-0.05, 0) is 42.2 Å². The van der Waals surface area contributed by atoms with E-state index < -0.39 is 63.8 Å². The van der Waals surface area contributed by atoms with E-state index in [2.05, 4.69) is 4.74 Å². The highest BCUT2D eigenvalue weighted by Crippen LogP contribution is 2.40. The number of halogens is 10. The zero-order chi connectivity index (χ0) is 26.1. The average molecular weight is 510 g/mol. The maximum Gasteiger partial charge on any atom is 0.432 e. The molecule has 35 heavy (non-hydrogen) atoms. The summed E-state index contributed by atoms with van der Waals surface area (Å²) >= 11 is 0. The summed E-state index contributed by atoms with van der Waals surface area (Å²) in [4.78, 5) is 0. The Morgan fingerprint density at radius 3 is 1.71 bits per heavy atom. The van der Waals surface area contributed by atoms with Crippen LogP contribution in [0.25, 0.3) is 11.1 Å². The van der Waals surface area contributed by atoms with Crippen LogP contribution in [0, 0.1) is 29.1 Å².